The molecule has 1 saturated heterocycles. The molecule has 0 radical (unpaired) electrons. The predicted molar refractivity (Wildman–Crippen MR) is 90.1 cm³/mol. The van der Waals surface area contributed by atoms with Gasteiger partial charge in [-0.05, 0) is 37.8 Å². The number of rotatable bonds is 7. The van der Waals surface area contributed by atoms with E-state index in [-0.39, 0.29) is 12.7 Å². The van der Waals surface area contributed by atoms with Crippen LogP contribution in [0.15, 0.2) is 30.3 Å². The first-order valence-electron chi connectivity index (χ1n) is 8.51. The molecule has 0 saturated carbocycles. The average molecular weight is 320 g/mol. The van der Waals surface area contributed by atoms with E-state index in [1.54, 1.807) is 4.90 Å². The van der Waals surface area contributed by atoms with Crippen molar-refractivity contribution in [2.45, 2.75) is 26.4 Å². The second-order valence-corrected chi connectivity index (χ2v) is 6.11. The smallest absolute Gasteiger partial charge is 0.410 e. The molecule has 23 heavy (non-hydrogen) atoms. The van der Waals surface area contributed by atoms with Crippen LogP contribution in [0.3, 0.4) is 0 Å². The third kappa shape index (κ3) is 5.84. The molecule has 0 aromatic heterocycles. The number of β-amino-alcohol motifs (C(OH)–C–C–N with tert-alkyl or cyclic N) is 1. The van der Waals surface area contributed by atoms with Crippen molar-refractivity contribution in [3.8, 4) is 0 Å². The summed E-state index contributed by atoms with van der Waals surface area (Å²) in [4.78, 5) is 16.3. The molecular weight excluding hydrogens is 292 g/mol. The Labute approximate surface area is 138 Å². The van der Waals surface area contributed by atoms with Gasteiger partial charge in [-0.15, -0.1) is 0 Å². The van der Waals surface area contributed by atoms with Crippen LogP contribution in [0.4, 0.5) is 4.79 Å². The predicted octanol–water partition coefficient (Wildman–Crippen LogP) is 2.35. The number of aliphatic hydroxyl groups excluding tert-OH is 1. The molecule has 128 valence electrons. The molecule has 1 unspecified atom stereocenters. The quantitative estimate of drug-likeness (QED) is 0.838. The Hall–Kier alpha value is -1.59. The zero-order valence-electron chi connectivity index (χ0n) is 14.0. The number of likely N-dealkylation sites (tertiary alicyclic amines) is 1. The molecule has 1 aliphatic rings. The highest BCUT2D eigenvalue weighted by Gasteiger charge is 2.24. The van der Waals surface area contributed by atoms with Gasteiger partial charge in [-0.1, -0.05) is 30.3 Å². The lowest BCUT2D eigenvalue weighted by molar-refractivity contribution is 0.0777. The average Bonchev–Trinajstić information content (AvgIpc) is 2.59. The van der Waals surface area contributed by atoms with Crippen LogP contribution < -0.4 is 0 Å². The molecule has 5 nitrogen and oxygen atoms in total. The Morgan fingerprint density at radius 1 is 1.39 bits per heavy atom. The lowest BCUT2D eigenvalue weighted by Gasteiger charge is -2.34. The summed E-state index contributed by atoms with van der Waals surface area (Å²) >= 11 is 0. The number of piperidine rings is 1. The van der Waals surface area contributed by atoms with Crippen LogP contribution in [0, 0.1) is 5.92 Å². The molecule has 5 heteroatoms. The third-order valence-electron chi connectivity index (χ3n) is 4.34. The maximum atomic E-state index is 12.3. The highest BCUT2D eigenvalue weighted by atomic mass is 16.6. The van der Waals surface area contributed by atoms with E-state index < -0.39 is 0 Å². The molecule has 1 heterocycles. The number of hydrogen-bond donors (Lipinski definition) is 1. The van der Waals surface area contributed by atoms with Crippen molar-refractivity contribution in [2.24, 2.45) is 5.92 Å². The lowest BCUT2D eigenvalue weighted by atomic mass is 9.97. The van der Waals surface area contributed by atoms with Gasteiger partial charge in [-0.3, -0.25) is 0 Å². The Kier molecular flexibility index (Phi) is 7.36. The van der Waals surface area contributed by atoms with Crippen LogP contribution in [0.1, 0.15) is 25.3 Å². The Balaban J connectivity index is 1.80. The summed E-state index contributed by atoms with van der Waals surface area (Å²) in [6.07, 6.45) is 2.02. The van der Waals surface area contributed by atoms with E-state index >= 15 is 0 Å². The van der Waals surface area contributed by atoms with Gasteiger partial charge in [0.2, 0.25) is 0 Å². The minimum Gasteiger partial charge on any atom is -0.445 e. The van der Waals surface area contributed by atoms with E-state index in [1.165, 1.54) is 0 Å². The zero-order valence-corrected chi connectivity index (χ0v) is 14.0. The van der Waals surface area contributed by atoms with Gasteiger partial charge in [0.1, 0.15) is 6.61 Å². The SMILES string of the molecule is CCN(CC1CCCN(CCO)C1)C(=O)OCc1ccccc1. The molecule has 0 bridgehead atoms. The highest BCUT2D eigenvalue weighted by molar-refractivity contribution is 5.67. The number of carbonyl (C=O) groups excluding carboxylic acids is 1. The molecule has 0 spiro atoms. The Bertz CT molecular complexity index is 465. The van der Waals surface area contributed by atoms with Gasteiger partial charge in [0.05, 0.1) is 6.61 Å². The van der Waals surface area contributed by atoms with Gasteiger partial charge in [0, 0.05) is 26.2 Å². The van der Waals surface area contributed by atoms with Gasteiger partial charge in [-0.2, -0.15) is 0 Å². The molecule has 1 atom stereocenters. The molecule has 1 N–H and O–H groups in total. The van der Waals surface area contributed by atoms with Gasteiger partial charge in [-0.25, -0.2) is 4.79 Å². The van der Waals surface area contributed by atoms with Crippen LogP contribution in [-0.4, -0.2) is 60.3 Å². The van der Waals surface area contributed by atoms with Crippen LogP contribution in [0.5, 0.6) is 0 Å². The molecular formula is C18H28N2O3. The first-order chi connectivity index (χ1) is 11.2. The molecule has 1 amide bonds. The summed E-state index contributed by atoms with van der Waals surface area (Å²) in [6, 6.07) is 9.75. The summed E-state index contributed by atoms with van der Waals surface area (Å²) in [6.45, 7) is 6.60. The molecule has 0 aliphatic carbocycles. The zero-order chi connectivity index (χ0) is 16.5. The number of aliphatic hydroxyl groups is 1. The van der Waals surface area contributed by atoms with E-state index in [2.05, 4.69) is 4.90 Å². The van der Waals surface area contributed by atoms with Crippen molar-refractivity contribution in [1.82, 2.24) is 9.80 Å². The summed E-state index contributed by atoms with van der Waals surface area (Å²) in [7, 11) is 0. The van der Waals surface area contributed by atoms with Crippen LogP contribution in [-0.2, 0) is 11.3 Å². The Morgan fingerprint density at radius 3 is 2.87 bits per heavy atom. The van der Waals surface area contributed by atoms with Gasteiger partial charge in [0.15, 0.2) is 0 Å². The number of benzene rings is 1. The monoisotopic (exact) mass is 320 g/mol. The third-order valence-corrected chi connectivity index (χ3v) is 4.34. The van der Waals surface area contributed by atoms with E-state index in [0.717, 1.165) is 44.6 Å². The van der Waals surface area contributed by atoms with Gasteiger partial charge >= 0.3 is 6.09 Å². The van der Waals surface area contributed by atoms with Crippen LogP contribution in [0.2, 0.25) is 0 Å². The first-order valence-corrected chi connectivity index (χ1v) is 8.51. The molecule has 1 fully saturated rings. The first kappa shape index (κ1) is 17.8. The fourth-order valence-corrected chi connectivity index (χ4v) is 3.10. The van der Waals surface area contributed by atoms with E-state index in [0.29, 0.717) is 19.1 Å². The van der Waals surface area contributed by atoms with Gasteiger partial charge < -0.3 is 19.6 Å². The maximum absolute atomic E-state index is 12.3. The van der Waals surface area contributed by atoms with Crippen LogP contribution >= 0.6 is 0 Å². The highest BCUT2D eigenvalue weighted by Crippen LogP contribution is 2.18. The topological polar surface area (TPSA) is 53.0 Å². The fourth-order valence-electron chi connectivity index (χ4n) is 3.10. The van der Waals surface area contributed by atoms with E-state index in [9.17, 15) is 4.79 Å². The molecule has 1 aromatic rings. The second kappa shape index (κ2) is 9.53. The maximum Gasteiger partial charge on any atom is 0.410 e. The number of ether oxygens (including phenoxy) is 1. The number of amides is 1. The molecule has 2 rings (SSSR count). The van der Waals surface area contributed by atoms with Crippen molar-refractivity contribution in [1.29, 1.82) is 0 Å². The minimum atomic E-state index is -0.240. The number of hydrogen-bond acceptors (Lipinski definition) is 4. The van der Waals surface area contributed by atoms with Gasteiger partial charge in [0.25, 0.3) is 0 Å². The van der Waals surface area contributed by atoms with Crippen molar-refractivity contribution >= 4 is 6.09 Å². The van der Waals surface area contributed by atoms with Crippen molar-refractivity contribution in [2.75, 3.05) is 39.3 Å². The second-order valence-electron chi connectivity index (χ2n) is 6.11. The molecule has 1 aromatic carbocycles. The summed E-state index contributed by atoms with van der Waals surface area (Å²) in [5, 5.41) is 9.07. The van der Waals surface area contributed by atoms with Crippen molar-refractivity contribution in [3.05, 3.63) is 35.9 Å². The fraction of sp³-hybridized carbons (Fsp3) is 0.611. The minimum absolute atomic E-state index is 0.198. The van der Waals surface area contributed by atoms with Crippen molar-refractivity contribution < 1.29 is 14.6 Å². The Morgan fingerprint density at radius 2 is 2.17 bits per heavy atom. The van der Waals surface area contributed by atoms with E-state index in [4.69, 9.17) is 9.84 Å². The van der Waals surface area contributed by atoms with E-state index in [1.807, 2.05) is 37.3 Å². The number of nitrogens with zero attached hydrogens (tertiary/aromatic N) is 2. The normalized spacial score (nSPS) is 18.6. The summed E-state index contributed by atoms with van der Waals surface area (Å²) in [5.74, 6) is 0.458. The lowest BCUT2D eigenvalue weighted by Crippen LogP contribution is -2.43. The van der Waals surface area contributed by atoms with Crippen LogP contribution in [0.25, 0.3) is 0 Å². The van der Waals surface area contributed by atoms with Crippen molar-refractivity contribution in [3.63, 3.8) is 0 Å². The largest absolute Gasteiger partial charge is 0.445 e. The molecule has 1 aliphatic heterocycles. The summed E-state index contributed by atoms with van der Waals surface area (Å²) < 4.78 is 5.43. The summed E-state index contributed by atoms with van der Waals surface area (Å²) in [5.41, 5.74) is 1.00. The standard InChI is InChI=1S/C18H28N2O3/c1-2-20(14-17-9-6-10-19(13-17)11-12-21)18(22)23-15-16-7-4-3-5-8-16/h3-5,7-8,17,21H,2,6,9-15H2,1H3. The number of carbonyl (C=O) groups is 1.